The van der Waals surface area contributed by atoms with Gasteiger partial charge in [-0.3, -0.25) is 0 Å². The molecule has 0 aromatic heterocycles. The molecule has 1 radical (unpaired) electrons. The van der Waals surface area contributed by atoms with Crippen LogP contribution in [0.1, 0.15) is 52.9 Å². The molecule has 85 valence electrons. The van der Waals surface area contributed by atoms with Crippen LogP contribution in [0.25, 0.3) is 5.32 Å². The van der Waals surface area contributed by atoms with E-state index in [0.29, 0.717) is 0 Å². The molecule has 0 amide bonds. The van der Waals surface area contributed by atoms with Crippen LogP contribution < -0.4 is 5.73 Å². The molecule has 0 aromatic rings. The maximum atomic E-state index is 5.34. The molecule has 0 unspecified atom stereocenters. The number of nitrogens with two attached hydrogens (primary N) is 1. The largest absolute Gasteiger partial charge is 0.689 e. The van der Waals surface area contributed by atoms with Gasteiger partial charge in [-0.15, -0.1) is 12.7 Å². The maximum absolute atomic E-state index is 5.34. The number of rotatable bonds is 6. The molecule has 0 aliphatic heterocycles. The molecule has 0 aromatic carbocycles. The number of hydrogen-bond acceptors (Lipinski definition) is 1. The molecule has 0 heterocycles. The van der Waals surface area contributed by atoms with Gasteiger partial charge >= 0.3 is 0 Å². The van der Waals surface area contributed by atoms with Crippen molar-refractivity contribution in [1.82, 2.24) is 0 Å². The van der Waals surface area contributed by atoms with Gasteiger partial charge in [0.25, 0.3) is 0 Å². The summed E-state index contributed by atoms with van der Waals surface area (Å²) in [4.78, 5) is 0. The van der Waals surface area contributed by atoms with E-state index in [1.165, 1.54) is 25.7 Å². The van der Waals surface area contributed by atoms with Crippen molar-refractivity contribution >= 4 is 0 Å². The molecular weight excluding hydrogens is 211 g/mol. The molecule has 0 atom stereocenters. The summed E-state index contributed by atoms with van der Waals surface area (Å²) in [5.41, 5.74) is 6.37. The SMILES string of the molecule is CC.CCCCCC/C(=C/N)[N-]C.[V]. The van der Waals surface area contributed by atoms with Gasteiger partial charge in [-0.05, 0) is 12.6 Å². The second-order valence-corrected chi connectivity index (χ2v) is 2.69. The Balaban J connectivity index is -0.000000376. The van der Waals surface area contributed by atoms with E-state index in [2.05, 4.69) is 12.2 Å². The molecule has 0 aliphatic carbocycles. The second-order valence-electron chi connectivity index (χ2n) is 2.69. The summed E-state index contributed by atoms with van der Waals surface area (Å²) in [5, 5.41) is 4.04. The van der Waals surface area contributed by atoms with Crippen LogP contribution in [0, 0.1) is 0 Å². The third-order valence-corrected chi connectivity index (χ3v) is 1.77. The summed E-state index contributed by atoms with van der Waals surface area (Å²) >= 11 is 0. The van der Waals surface area contributed by atoms with Gasteiger partial charge in [0.05, 0.1) is 0 Å². The Morgan fingerprint density at radius 2 is 1.79 bits per heavy atom. The van der Waals surface area contributed by atoms with Gasteiger partial charge in [0, 0.05) is 18.6 Å². The van der Waals surface area contributed by atoms with E-state index in [1.54, 1.807) is 13.2 Å². The maximum Gasteiger partial charge on any atom is 0 e. The fourth-order valence-electron chi connectivity index (χ4n) is 1.00. The Hall–Kier alpha value is -0.0756. The van der Waals surface area contributed by atoms with Crippen LogP contribution in [0.3, 0.4) is 0 Å². The van der Waals surface area contributed by atoms with Crippen molar-refractivity contribution in [3.05, 3.63) is 17.2 Å². The van der Waals surface area contributed by atoms with Crippen LogP contribution in [0.15, 0.2) is 11.9 Å². The molecule has 2 nitrogen and oxygen atoms in total. The molecule has 3 heteroatoms. The third-order valence-electron chi connectivity index (χ3n) is 1.77. The molecule has 14 heavy (non-hydrogen) atoms. The van der Waals surface area contributed by atoms with Crippen molar-refractivity contribution in [2.45, 2.75) is 52.9 Å². The Morgan fingerprint density at radius 1 is 1.21 bits per heavy atom. The van der Waals surface area contributed by atoms with Gasteiger partial charge in [-0.25, -0.2) is 0 Å². The molecule has 0 saturated heterocycles. The zero-order chi connectivity index (χ0) is 10.5. The summed E-state index contributed by atoms with van der Waals surface area (Å²) in [5.74, 6) is 0. The Labute approximate surface area is 102 Å². The number of unbranched alkanes of at least 4 members (excludes halogenated alkanes) is 3. The molecule has 0 saturated carbocycles. The third kappa shape index (κ3) is 14.4. The summed E-state index contributed by atoms with van der Waals surface area (Å²) in [6.45, 7) is 6.21. The predicted octanol–water partition coefficient (Wildman–Crippen LogP) is 3.78. The molecular formula is C11H25N2V-. The normalized spacial score (nSPS) is 9.57. The summed E-state index contributed by atoms with van der Waals surface area (Å²) in [7, 11) is 1.79. The molecule has 0 bridgehead atoms. The van der Waals surface area contributed by atoms with Crippen LogP contribution >= 0.6 is 0 Å². The monoisotopic (exact) mass is 236 g/mol. The van der Waals surface area contributed by atoms with Gasteiger partial charge < -0.3 is 11.1 Å². The minimum Gasteiger partial charge on any atom is -0.689 e. The summed E-state index contributed by atoms with van der Waals surface area (Å²) in [6.07, 6.45) is 7.75. The summed E-state index contributed by atoms with van der Waals surface area (Å²) < 4.78 is 0. The van der Waals surface area contributed by atoms with Gasteiger partial charge in [-0.2, -0.15) is 0 Å². The quantitative estimate of drug-likeness (QED) is 0.700. The average molecular weight is 236 g/mol. The second kappa shape index (κ2) is 18.7. The van der Waals surface area contributed by atoms with Crippen LogP contribution in [0.4, 0.5) is 0 Å². The fourth-order valence-corrected chi connectivity index (χ4v) is 1.00. The van der Waals surface area contributed by atoms with Crippen LogP contribution in [-0.4, -0.2) is 7.05 Å². The fraction of sp³-hybridized carbons (Fsp3) is 0.818. The van der Waals surface area contributed by atoms with E-state index in [0.717, 1.165) is 12.1 Å². The van der Waals surface area contributed by atoms with E-state index in [1.807, 2.05) is 13.8 Å². The van der Waals surface area contributed by atoms with Crippen LogP contribution in [0.5, 0.6) is 0 Å². The number of hydrogen-bond donors (Lipinski definition) is 1. The average Bonchev–Trinajstić information content (AvgIpc) is 2.21. The van der Waals surface area contributed by atoms with Crippen molar-refractivity contribution in [2.24, 2.45) is 5.73 Å². The van der Waals surface area contributed by atoms with Crippen molar-refractivity contribution in [1.29, 1.82) is 0 Å². The first-order valence-electron chi connectivity index (χ1n) is 5.35. The minimum absolute atomic E-state index is 0. The molecule has 0 rings (SSSR count). The molecule has 0 fully saturated rings. The first kappa shape index (κ1) is 19.5. The minimum atomic E-state index is 0. The number of nitrogens with zero attached hydrogens (tertiary/aromatic N) is 1. The molecule has 0 spiro atoms. The zero-order valence-corrected chi connectivity index (χ0v) is 11.5. The van der Waals surface area contributed by atoms with Gasteiger partial charge in [-0.1, -0.05) is 46.5 Å². The first-order chi connectivity index (χ1) is 6.35. The summed E-state index contributed by atoms with van der Waals surface area (Å²) in [6, 6.07) is 0. The van der Waals surface area contributed by atoms with Gasteiger partial charge in [0.2, 0.25) is 0 Å². The van der Waals surface area contributed by atoms with E-state index in [4.69, 9.17) is 5.73 Å². The van der Waals surface area contributed by atoms with Crippen LogP contribution in [-0.2, 0) is 18.6 Å². The van der Waals surface area contributed by atoms with E-state index in [-0.39, 0.29) is 18.6 Å². The Morgan fingerprint density at radius 3 is 2.14 bits per heavy atom. The van der Waals surface area contributed by atoms with Crippen molar-refractivity contribution < 1.29 is 18.6 Å². The smallest absolute Gasteiger partial charge is 0 e. The topological polar surface area (TPSA) is 40.1 Å². The molecule has 2 N–H and O–H groups in total. The van der Waals surface area contributed by atoms with Gasteiger partial charge in [0.1, 0.15) is 0 Å². The van der Waals surface area contributed by atoms with E-state index < -0.39 is 0 Å². The first-order valence-corrected chi connectivity index (χ1v) is 5.35. The zero-order valence-electron chi connectivity index (χ0n) is 10.1. The standard InChI is InChI=1S/C9H19N2.C2H6.V/c1-3-4-5-6-7-9(8-10)11-2;1-2;/h8H,3-7,10H2,1-2H3;1-2H3;/q-1;;/b9-8-;;. The predicted molar refractivity (Wildman–Crippen MR) is 61.7 cm³/mol. The molecule has 0 aliphatic rings. The van der Waals surface area contributed by atoms with E-state index >= 15 is 0 Å². The van der Waals surface area contributed by atoms with Crippen molar-refractivity contribution in [3.63, 3.8) is 0 Å². The Bertz CT molecular complexity index is 114. The van der Waals surface area contributed by atoms with Crippen LogP contribution in [0.2, 0.25) is 0 Å². The van der Waals surface area contributed by atoms with E-state index in [9.17, 15) is 0 Å². The van der Waals surface area contributed by atoms with Crippen molar-refractivity contribution in [2.75, 3.05) is 7.05 Å². The van der Waals surface area contributed by atoms with Gasteiger partial charge in [0.15, 0.2) is 0 Å². The van der Waals surface area contributed by atoms with Crippen molar-refractivity contribution in [3.8, 4) is 0 Å². The number of allylic oxidation sites excluding steroid dienone is 1. The Kier molecular flexibility index (Phi) is 26.0.